The van der Waals surface area contributed by atoms with Gasteiger partial charge in [0, 0.05) is 31.8 Å². The molecule has 2 aliphatic rings. The molecule has 2 fully saturated rings. The lowest BCUT2D eigenvalue weighted by Crippen LogP contribution is -2.50. The van der Waals surface area contributed by atoms with Crippen molar-refractivity contribution in [1.82, 2.24) is 10.2 Å². The predicted octanol–water partition coefficient (Wildman–Crippen LogP) is 2.00. The Morgan fingerprint density at radius 2 is 2.00 bits per heavy atom. The van der Waals surface area contributed by atoms with Crippen LogP contribution in [0.25, 0.3) is 0 Å². The average molecular weight is 254 g/mol. The summed E-state index contributed by atoms with van der Waals surface area (Å²) in [6.07, 6.45) is 8.87. The van der Waals surface area contributed by atoms with Crippen molar-refractivity contribution in [2.75, 3.05) is 26.2 Å². The van der Waals surface area contributed by atoms with Crippen molar-refractivity contribution in [2.45, 2.75) is 64.0 Å². The van der Waals surface area contributed by atoms with Gasteiger partial charge in [0.2, 0.25) is 0 Å². The number of unbranched alkanes of at least 4 members (excludes halogenated alkanes) is 1. The lowest BCUT2D eigenvalue weighted by molar-refractivity contribution is 0.127. The number of nitrogens with zero attached hydrogens (tertiary/aromatic N) is 1. The van der Waals surface area contributed by atoms with E-state index in [2.05, 4.69) is 17.1 Å². The van der Waals surface area contributed by atoms with Gasteiger partial charge >= 0.3 is 0 Å². The Morgan fingerprint density at radius 3 is 2.67 bits per heavy atom. The van der Waals surface area contributed by atoms with Crippen LogP contribution in [0.3, 0.4) is 0 Å². The number of nitrogens with one attached hydrogen (secondary N) is 1. The van der Waals surface area contributed by atoms with Crippen LogP contribution in [0.1, 0.15) is 51.9 Å². The van der Waals surface area contributed by atoms with E-state index in [0.717, 1.165) is 18.4 Å². The summed E-state index contributed by atoms with van der Waals surface area (Å²) in [6, 6.07) is 1.52. The van der Waals surface area contributed by atoms with Gasteiger partial charge in [-0.2, -0.15) is 0 Å². The molecule has 0 spiro atoms. The van der Waals surface area contributed by atoms with Crippen LogP contribution < -0.4 is 5.32 Å². The first kappa shape index (κ1) is 14.3. The fraction of sp³-hybridized carbons (Fsp3) is 1.00. The molecule has 1 aliphatic heterocycles. The number of hydrogen-bond donors (Lipinski definition) is 2. The van der Waals surface area contributed by atoms with E-state index in [1.807, 2.05) is 0 Å². The normalized spacial score (nSPS) is 29.7. The van der Waals surface area contributed by atoms with E-state index in [1.54, 1.807) is 0 Å². The number of hydrogen-bond acceptors (Lipinski definition) is 3. The van der Waals surface area contributed by atoms with Gasteiger partial charge in [-0.3, -0.25) is 0 Å². The van der Waals surface area contributed by atoms with E-state index in [4.69, 9.17) is 5.11 Å². The fourth-order valence-electron chi connectivity index (χ4n) is 3.16. The van der Waals surface area contributed by atoms with Gasteiger partial charge in [0.15, 0.2) is 0 Å². The van der Waals surface area contributed by atoms with Crippen LogP contribution in [0.5, 0.6) is 0 Å². The standard InChI is InChI=1S/C15H30N2O/c1-2-3-8-17-11-13(5-4-9-18)10-15(12-17)16-14-6-7-14/h13-16,18H,2-12H2,1H3. The minimum Gasteiger partial charge on any atom is -0.396 e. The first-order valence-electron chi connectivity index (χ1n) is 7.91. The molecule has 0 bridgehead atoms. The number of aliphatic hydroxyl groups is 1. The van der Waals surface area contributed by atoms with Gasteiger partial charge < -0.3 is 15.3 Å². The summed E-state index contributed by atoms with van der Waals surface area (Å²) in [5.41, 5.74) is 0. The average Bonchev–Trinajstić information content (AvgIpc) is 3.17. The lowest BCUT2D eigenvalue weighted by Gasteiger charge is -2.38. The van der Waals surface area contributed by atoms with Crippen molar-refractivity contribution in [3.63, 3.8) is 0 Å². The zero-order valence-electron chi connectivity index (χ0n) is 11.9. The molecule has 0 aromatic heterocycles. The molecule has 18 heavy (non-hydrogen) atoms. The van der Waals surface area contributed by atoms with Crippen LogP contribution >= 0.6 is 0 Å². The van der Waals surface area contributed by atoms with E-state index in [0.29, 0.717) is 12.6 Å². The minimum absolute atomic E-state index is 0.353. The molecule has 106 valence electrons. The Labute approximate surface area is 112 Å². The molecule has 2 N–H and O–H groups in total. The number of rotatable bonds is 8. The maximum Gasteiger partial charge on any atom is 0.0431 e. The summed E-state index contributed by atoms with van der Waals surface area (Å²) < 4.78 is 0. The summed E-state index contributed by atoms with van der Waals surface area (Å²) in [6.45, 7) is 6.38. The molecular formula is C15H30N2O. The molecular weight excluding hydrogens is 224 g/mol. The Balaban J connectivity index is 1.78. The van der Waals surface area contributed by atoms with Crippen molar-refractivity contribution < 1.29 is 5.11 Å². The third kappa shape index (κ3) is 4.87. The summed E-state index contributed by atoms with van der Waals surface area (Å²) in [5.74, 6) is 0.791. The van der Waals surface area contributed by atoms with Crippen LogP contribution in [0.2, 0.25) is 0 Å². The maximum absolute atomic E-state index is 9.00. The first-order valence-corrected chi connectivity index (χ1v) is 7.91. The molecule has 1 heterocycles. The fourth-order valence-corrected chi connectivity index (χ4v) is 3.16. The quantitative estimate of drug-likeness (QED) is 0.695. The summed E-state index contributed by atoms with van der Waals surface area (Å²) in [4.78, 5) is 2.65. The molecule has 0 aromatic rings. The van der Waals surface area contributed by atoms with Crippen molar-refractivity contribution in [1.29, 1.82) is 0 Å². The van der Waals surface area contributed by atoms with Gasteiger partial charge in [0.1, 0.15) is 0 Å². The topological polar surface area (TPSA) is 35.5 Å². The van der Waals surface area contributed by atoms with Gasteiger partial charge in [-0.15, -0.1) is 0 Å². The number of piperidine rings is 1. The van der Waals surface area contributed by atoms with E-state index < -0.39 is 0 Å². The zero-order valence-corrected chi connectivity index (χ0v) is 11.9. The highest BCUT2D eigenvalue weighted by Gasteiger charge is 2.30. The largest absolute Gasteiger partial charge is 0.396 e. The van der Waals surface area contributed by atoms with Crippen LogP contribution in [0, 0.1) is 5.92 Å². The van der Waals surface area contributed by atoms with Crippen molar-refractivity contribution in [3.8, 4) is 0 Å². The summed E-state index contributed by atoms with van der Waals surface area (Å²) in [5, 5.41) is 12.8. The molecule has 0 radical (unpaired) electrons. The molecule has 1 aliphatic carbocycles. The van der Waals surface area contributed by atoms with Crippen LogP contribution in [0.15, 0.2) is 0 Å². The van der Waals surface area contributed by atoms with Gasteiger partial charge in [0.05, 0.1) is 0 Å². The van der Waals surface area contributed by atoms with Gasteiger partial charge in [-0.1, -0.05) is 13.3 Å². The number of aliphatic hydroxyl groups excluding tert-OH is 1. The SMILES string of the molecule is CCCCN1CC(CCCO)CC(NC2CC2)C1. The molecule has 2 rings (SSSR count). The van der Waals surface area contributed by atoms with E-state index in [9.17, 15) is 0 Å². The number of likely N-dealkylation sites (tertiary alicyclic amines) is 1. The van der Waals surface area contributed by atoms with Crippen molar-refractivity contribution in [3.05, 3.63) is 0 Å². The second-order valence-corrected chi connectivity index (χ2v) is 6.22. The van der Waals surface area contributed by atoms with Gasteiger partial charge in [-0.05, 0) is 51.0 Å². The summed E-state index contributed by atoms with van der Waals surface area (Å²) in [7, 11) is 0. The molecule has 3 nitrogen and oxygen atoms in total. The first-order chi connectivity index (χ1) is 8.81. The second kappa shape index (κ2) is 7.46. The highest BCUT2D eigenvalue weighted by atomic mass is 16.2. The summed E-state index contributed by atoms with van der Waals surface area (Å²) >= 11 is 0. The highest BCUT2D eigenvalue weighted by molar-refractivity contribution is 4.90. The molecule has 3 heteroatoms. The Hall–Kier alpha value is -0.120. The maximum atomic E-state index is 9.00. The predicted molar refractivity (Wildman–Crippen MR) is 75.7 cm³/mol. The molecule has 2 unspecified atom stereocenters. The van der Waals surface area contributed by atoms with Crippen LogP contribution in [-0.2, 0) is 0 Å². The highest BCUT2D eigenvalue weighted by Crippen LogP contribution is 2.26. The molecule has 0 amide bonds. The van der Waals surface area contributed by atoms with Crippen LogP contribution in [0.4, 0.5) is 0 Å². The van der Waals surface area contributed by atoms with E-state index in [1.165, 1.54) is 58.2 Å². The molecule has 2 atom stereocenters. The third-order valence-electron chi connectivity index (χ3n) is 4.26. The van der Waals surface area contributed by atoms with E-state index in [-0.39, 0.29) is 0 Å². The Bertz CT molecular complexity index is 215. The molecule has 1 saturated heterocycles. The van der Waals surface area contributed by atoms with Gasteiger partial charge in [0.25, 0.3) is 0 Å². The van der Waals surface area contributed by atoms with Crippen LogP contribution in [-0.4, -0.2) is 48.3 Å². The minimum atomic E-state index is 0.353. The Kier molecular flexibility index (Phi) is 5.93. The molecule has 0 aromatic carbocycles. The zero-order chi connectivity index (χ0) is 12.8. The third-order valence-corrected chi connectivity index (χ3v) is 4.26. The smallest absolute Gasteiger partial charge is 0.0431 e. The lowest BCUT2D eigenvalue weighted by atomic mass is 9.90. The van der Waals surface area contributed by atoms with Gasteiger partial charge in [-0.25, -0.2) is 0 Å². The van der Waals surface area contributed by atoms with E-state index >= 15 is 0 Å². The molecule has 1 saturated carbocycles. The second-order valence-electron chi connectivity index (χ2n) is 6.22. The monoisotopic (exact) mass is 254 g/mol. The van der Waals surface area contributed by atoms with Crippen molar-refractivity contribution in [2.24, 2.45) is 5.92 Å². The Morgan fingerprint density at radius 1 is 1.17 bits per heavy atom. The van der Waals surface area contributed by atoms with Crippen molar-refractivity contribution >= 4 is 0 Å².